The van der Waals surface area contributed by atoms with Crippen LogP contribution in [0.25, 0.3) is 0 Å². The van der Waals surface area contributed by atoms with Crippen LogP contribution in [0, 0.1) is 11.3 Å². The van der Waals surface area contributed by atoms with Crippen molar-refractivity contribution in [3.05, 3.63) is 0 Å². The van der Waals surface area contributed by atoms with Crippen molar-refractivity contribution in [1.82, 2.24) is 5.32 Å². The lowest BCUT2D eigenvalue weighted by Gasteiger charge is -2.33. The Morgan fingerprint density at radius 2 is 2.00 bits per heavy atom. The van der Waals surface area contributed by atoms with Gasteiger partial charge in [-0.2, -0.15) is 5.26 Å². The first-order valence-corrected chi connectivity index (χ1v) is 6.75. The third kappa shape index (κ3) is 3.93. The molecule has 5 nitrogen and oxygen atoms in total. The number of carbonyl (C=O) groups is 2. The number of hydrogen-bond acceptors (Lipinski definition) is 4. The third-order valence-electron chi connectivity index (χ3n) is 2.89. The van der Waals surface area contributed by atoms with Gasteiger partial charge in [-0.25, -0.2) is 4.79 Å². The summed E-state index contributed by atoms with van der Waals surface area (Å²) in [7, 11) is 0. The Morgan fingerprint density at radius 1 is 1.35 bits per heavy atom. The minimum absolute atomic E-state index is 0.141. The molecule has 0 aliphatic heterocycles. The summed E-state index contributed by atoms with van der Waals surface area (Å²) in [5.41, 5.74) is -1.08. The van der Waals surface area contributed by atoms with Crippen LogP contribution in [0.2, 0.25) is 0 Å². The van der Waals surface area contributed by atoms with Gasteiger partial charge < -0.3 is 10.4 Å². The first kappa shape index (κ1) is 13.8. The SMILES string of the molecule is N#CCSCC(=O)NC1(C(=O)O)CCCCC1. The van der Waals surface area contributed by atoms with Gasteiger partial charge in [0.15, 0.2) is 0 Å². The molecule has 1 aliphatic carbocycles. The molecule has 1 saturated carbocycles. The maximum absolute atomic E-state index is 11.6. The minimum atomic E-state index is -1.08. The van der Waals surface area contributed by atoms with Gasteiger partial charge in [-0.1, -0.05) is 19.3 Å². The van der Waals surface area contributed by atoms with Crippen molar-refractivity contribution >= 4 is 23.6 Å². The van der Waals surface area contributed by atoms with Gasteiger partial charge in [0, 0.05) is 0 Å². The smallest absolute Gasteiger partial charge is 0.329 e. The van der Waals surface area contributed by atoms with E-state index < -0.39 is 11.5 Å². The molecular weight excluding hydrogens is 240 g/mol. The molecule has 2 N–H and O–H groups in total. The summed E-state index contributed by atoms with van der Waals surface area (Å²) >= 11 is 1.19. The molecule has 0 bridgehead atoms. The van der Waals surface area contributed by atoms with E-state index in [0.717, 1.165) is 19.3 Å². The number of hydrogen-bond donors (Lipinski definition) is 2. The Hall–Kier alpha value is -1.22. The molecule has 1 aliphatic rings. The zero-order valence-corrected chi connectivity index (χ0v) is 10.4. The van der Waals surface area contributed by atoms with E-state index in [9.17, 15) is 14.7 Å². The summed E-state index contributed by atoms with van der Waals surface area (Å²) in [6.45, 7) is 0. The van der Waals surface area contributed by atoms with E-state index >= 15 is 0 Å². The zero-order chi connectivity index (χ0) is 12.7. The van der Waals surface area contributed by atoms with Crippen molar-refractivity contribution in [1.29, 1.82) is 5.26 Å². The van der Waals surface area contributed by atoms with Crippen LogP contribution < -0.4 is 5.32 Å². The standard InChI is InChI=1S/C11H16N2O3S/c12-6-7-17-8-9(14)13-11(10(15)16)4-2-1-3-5-11/h1-5,7-8H2,(H,13,14)(H,15,16). The van der Waals surface area contributed by atoms with Crippen molar-refractivity contribution < 1.29 is 14.7 Å². The molecule has 1 rings (SSSR count). The molecule has 0 unspecified atom stereocenters. The second-order valence-corrected chi connectivity index (χ2v) is 5.13. The number of nitriles is 1. The molecule has 0 aromatic carbocycles. The molecule has 0 aromatic rings. The highest BCUT2D eigenvalue weighted by molar-refractivity contribution is 8.00. The van der Waals surface area contributed by atoms with Crippen molar-refractivity contribution in [2.75, 3.05) is 11.5 Å². The average molecular weight is 256 g/mol. The quantitative estimate of drug-likeness (QED) is 0.720. The summed E-state index contributed by atoms with van der Waals surface area (Å²) in [6, 6.07) is 1.93. The number of carboxylic acids is 1. The number of rotatable bonds is 5. The lowest BCUT2D eigenvalue weighted by molar-refractivity contribution is -0.148. The predicted octanol–water partition coefficient (Wildman–Crippen LogP) is 1.15. The van der Waals surface area contributed by atoms with E-state index in [1.807, 2.05) is 6.07 Å². The highest BCUT2D eigenvalue weighted by Crippen LogP contribution is 2.28. The van der Waals surface area contributed by atoms with Gasteiger partial charge in [0.05, 0.1) is 17.6 Å². The molecule has 0 heterocycles. The van der Waals surface area contributed by atoms with Crippen LogP contribution in [0.4, 0.5) is 0 Å². The summed E-state index contributed by atoms with van der Waals surface area (Å²) in [4.78, 5) is 22.9. The second kappa shape index (κ2) is 6.50. The van der Waals surface area contributed by atoms with Crippen LogP contribution in [0.15, 0.2) is 0 Å². The Bertz CT molecular complexity index is 332. The molecular formula is C11H16N2O3S. The molecule has 0 spiro atoms. The van der Waals surface area contributed by atoms with E-state index in [1.165, 1.54) is 11.8 Å². The van der Waals surface area contributed by atoms with E-state index in [0.29, 0.717) is 12.8 Å². The van der Waals surface area contributed by atoms with E-state index in [1.54, 1.807) is 0 Å². The van der Waals surface area contributed by atoms with Gasteiger partial charge in [-0.05, 0) is 12.8 Å². The second-order valence-electron chi connectivity index (χ2n) is 4.15. The number of thioether (sulfide) groups is 1. The van der Waals surface area contributed by atoms with Crippen LogP contribution in [0.5, 0.6) is 0 Å². The van der Waals surface area contributed by atoms with Gasteiger partial charge >= 0.3 is 5.97 Å². The molecule has 0 aromatic heterocycles. The molecule has 0 atom stereocenters. The maximum atomic E-state index is 11.6. The largest absolute Gasteiger partial charge is 0.480 e. The number of aliphatic carboxylic acids is 1. The summed E-state index contributed by atoms with van der Waals surface area (Å²) < 4.78 is 0. The first-order valence-electron chi connectivity index (χ1n) is 5.60. The van der Waals surface area contributed by atoms with Crippen molar-refractivity contribution in [3.8, 4) is 6.07 Å². The minimum Gasteiger partial charge on any atom is -0.480 e. The molecule has 1 fully saturated rings. The van der Waals surface area contributed by atoms with Gasteiger partial charge in [-0.15, -0.1) is 11.8 Å². The lowest BCUT2D eigenvalue weighted by Crippen LogP contribution is -2.56. The van der Waals surface area contributed by atoms with Crippen LogP contribution in [-0.4, -0.2) is 34.0 Å². The summed E-state index contributed by atoms with van der Waals surface area (Å²) in [6.07, 6.45) is 3.68. The molecule has 1 amide bonds. The zero-order valence-electron chi connectivity index (χ0n) is 9.57. The van der Waals surface area contributed by atoms with Gasteiger partial charge in [0.2, 0.25) is 5.91 Å². The molecule has 94 valence electrons. The number of carboxylic acid groups (broad SMARTS) is 1. The lowest BCUT2D eigenvalue weighted by atomic mass is 9.81. The normalized spacial score (nSPS) is 18.1. The first-order chi connectivity index (χ1) is 8.10. The molecule has 6 heteroatoms. The predicted molar refractivity (Wildman–Crippen MR) is 64.5 cm³/mol. The van der Waals surface area contributed by atoms with Crippen LogP contribution in [0.3, 0.4) is 0 Å². The van der Waals surface area contributed by atoms with E-state index in [4.69, 9.17) is 5.26 Å². The number of amides is 1. The molecule has 0 radical (unpaired) electrons. The summed E-state index contributed by atoms with van der Waals surface area (Å²) in [5, 5.41) is 20.2. The highest BCUT2D eigenvalue weighted by atomic mass is 32.2. The van der Waals surface area contributed by atoms with Gasteiger partial charge in [0.25, 0.3) is 0 Å². The fourth-order valence-electron chi connectivity index (χ4n) is 2.04. The van der Waals surface area contributed by atoms with E-state index in [-0.39, 0.29) is 17.4 Å². The Balaban J connectivity index is 2.52. The number of carbonyl (C=O) groups excluding carboxylic acids is 1. The van der Waals surface area contributed by atoms with Crippen LogP contribution in [0.1, 0.15) is 32.1 Å². The maximum Gasteiger partial charge on any atom is 0.329 e. The highest BCUT2D eigenvalue weighted by Gasteiger charge is 2.40. The topological polar surface area (TPSA) is 90.2 Å². The Morgan fingerprint density at radius 3 is 2.53 bits per heavy atom. The fourth-order valence-corrected chi connectivity index (χ4v) is 2.49. The van der Waals surface area contributed by atoms with Crippen molar-refractivity contribution in [2.45, 2.75) is 37.6 Å². The molecule has 17 heavy (non-hydrogen) atoms. The monoisotopic (exact) mass is 256 g/mol. The summed E-state index contributed by atoms with van der Waals surface area (Å²) in [5.74, 6) is -0.860. The number of nitrogens with zero attached hydrogens (tertiary/aromatic N) is 1. The Kier molecular flexibility index (Phi) is 5.29. The fraction of sp³-hybridized carbons (Fsp3) is 0.727. The number of nitrogens with one attached hydrogen (secondary N) is 1. The van der Waals surface area contributed by atoms with Crippen LogP contribution in [-0.2, 0) is 9.59 Å². The average Bonchev–Trinajstić information content (AvgIpc) is 2.30. The van der Waals surface area contributed by atoms with Crippen molar-refractivity contribution in [3.63, 3.8) is 0 Å². The van der Waals surface area contributed by atoms with Crippen molar-refractivity contribution in [2.24, 2.45) is 0 Å². The molecule has 0 saturated heterocycles. The van der Waals surface area contributed by atoms with Gasteiger partial charge in [0.1, 0.15) is 5.54 Å². The van der Waals surface area contributed by atoms with Crippen LogP contribution >= 0.6 is 11.8 Å². The van der Waals surface area contributed by atoms with Gasteiger partial charge in [-0.3, -0.25) is 4.79 Å². The Labute approximate surface area is 105 Å². The van der Waals surface area contributed by atoms with E-state index in [2.05, 4.69) is 5.32 Å². The third-order valence-corrected chi connectivity index (χ3v) is 3.69.